The Balaban J connectivity index is 2.58. The first-order valence-electron chi connectivity index (χ1n) is 4.39. The van der Waals surface area contributed by atoms with Crippen molar-refractivity contribution in [3.63, 3.8) is 0 Å². The molecule has 0 unspecified atom stereocenters. The first-order valence-corrected chi connectivity index (χ1v) is 6.80. The molecule has 1 nitrogen and oxygen atoms in total. The van der Waals surface area contributed by atoms with Crippen molar-refractivity contribution in [2.45, 2.75) is 18.9 Å². The Morgan fingerprint density at radius 3 is 2.86 bits per heavy atom. The highest BCUT2D eigenvalue weighted by Crippen LogP contribution is 2.31. The van der Waals surface area contributed by atoms with Gasteiger partial charge in [0.2, 0.25) is 0 Å². The van der Waals surface area contributed by atoms with Crippen LogP contribution in [-0.2, 0) is 0 Å². The molecule has 78 valence electrons. The maximum Gasteiger partial charge on any atom is 0.110 e. The van der Waals surface area contributed by atoms with Crippen LogP contribution in [0.2, 0.25) is 0 Å². The monoisotopic (exact) mass is 291 g/mol. The van der Waals surface area contributed by atoms with Crippen molar-refractivity contribution < 1.29 is 0 Å². The van der Waals surface area contributed by atoms with Crippen LogP contribution in [0.3, 0.4) is 0 Å². The predicted octanol–water partition coefficient (Wildman–Crippen LogP) is 3.89. The molecule has 0 aliphatic heterocycles. The summed E-state index contributed by atoms with van der Waals surface area (Å²) < 4.78 is 1.07. The van der Waals surface area contributed by atoms with Crippen LogP contribution in [0.25, 0.3) is 0 Å². The van der Waals surface area contributed by atoms with E-state index >= 15 is 0 Å². The Morgan fingerprint density at radius 1 is 1.57 bits per heavy atom. The number of hydrogen-bond acceptors (Lipinski definition) is 3. The zero-order valence-electron chi connectivity index (χ0n) is 8.33. The highest BCUT2D eigenvalue weighted by molar-refractivity contribution is 9.10. The van der Waals surface area contributed by atoms with Gasteiger partial charge in [-0.05, 0) is 39.2 Å². The molecule has 1 heterocycles. The fraction of sp³-hybridized carbons (Fsp3) is 0.500. The summed E-state index contributed by atoms with van der Waals surface area (Å²) >= 11 is 9.58. The second kappa shape index (κ2) is 5.42. The predicted molar refractivity (Wildman–Crippen MR) is 70.3 cm³/mol. The molecule has 0 aliphatic carbocycles. The quantitative estimate of drug-likeness (QED) is 0.668. The van der Waals surface area contributed by atoms with Crippen LogP contribution in [0.15, 0.2) is 27.8 Å². The normalized spacial score (nSPS) is 11.7. The summed E-state index contributed by atoms with van der Waals surface area (Å²) in [5.41, 5.74) is 0.255. The minimum absolute atomic E-state index is 0.255. The lowest BCUT2D eigenvalue weighted by Gasteiger charge is -2.20. The van der Waals surface area contributed by atoms with Gasteiger partial charge in [-0.15, -0.1) is 11.8 Å². The molecular weight excluding hydrogens is 278 g/mol. The van der Waals surface area contributed by atoms with Crippen LogP contribution in [0.4, 0.5) is 0 Å². The van der Waals surface area contributed by atoms with E-state index in [-0.39, 0.29) is 5.41 Å². The molecule has 1 aromatic heterocycles. The Kier molecular flexibility index (Phi) is 4.80. The van der Waals surface area contributed by atoms with E-state index in [0.29, 0.717) is 0 Å². The Hall–Kier alpha value is 0.330. The second-order valence-electron chi connectivity index (χ2n) is 3.90. The number of halogens is 1. The van der Waals surface area contributed by atoms with E-state index in [9.17, 15) is 0 Å². The van der Waals surface area contributed by atoms with E-state index in [0.717, 1.165) is 21.0 Å². The van der Waals surface area contributed by atoms with Gasteiger partial charge >= 0.3 is 0 Å². The first-order chi connectivity index (χ1) is 6.55. The SMILES string of the molecule is CC(C)(CS)CSc1ncccc1Br. The van der Waals surface area contributed by atoms with Gasteiger partial charge in [-0.1, -0.05) is 13.8 Å². The molecule has 0 spiro atoms. The van der Waals surface area contributed by atoms with Gasteiger partial charge in [-0.3, -0.25) is 0 Å². The molecule has 1 rings (SSSR count). The van der Waals surface area contributed by atoms with Gasteiger partial charge in [-0.25, -0.2) is 4.98 Å². The number of pyridine rings is 1. The highest BCUT2D eigenvalue weighted by atomic mass is 79.9. The van der Waals surface area contributed by atoms with Crippen molar-refractivity contribution >= 4 is 40.3 Å². The van der Waals surface area contributed by atoms with Crippen LogP contribution >= 0.6 is 40.3 Å². The summed E-state index contributed by atoms with van der Waals surface area (Å²) in [4.78, 5) is 4.31. The Labute approximate surface area is 104 Å². The molecule has 0 aromatic carbocycles. The standard InChI is InChI=1S/C10H14BrNS2/c1-10(2,6-13)7-14-9-8(11)4-3-5-12-9/h3-5,13H,6-7H2,1-2H3. The molecule has 0 saturated heterocycles. The van der Waals surface area contributed by atoms with E-state index in [1.54, 1.807) is 11.8 Å². The summed E-state index contributed by atoms with van der Waals surface area (Å²) in [5.74, 6) is 1.93. The van der Waals surface area contributed by atoms with Crippen molar-refractivity contribution in [1.29, 1.82) is 0 Å². The lowest BCUT2D eigenvalue weighted by molar-refractivity contribution is 0.493. The maximum absolute atomic E-state index is 4.33. The van der Waals surface area contributed by atoms with Crippen molar-refractivity contribution in [3.8, 4) is 0 Å². The van der Waals surface area contributed by atoms with Crippen LogP contribution in [-0.4, -0.2) is 16.5 Å². The van der Waals surface area contributed by atoms with Gasteiger partial charge in [0, 0.05) is 16.4 Å². The molecule has 1 aromatic rings. The van der Waals surface area contributed by atoms with Crippen LogP contribution < -0.4 is 0 Å². The van der Waals surface area contributed by atoms with Gasteiger partial charge in [0.1, 0.15) is 5.03 Å². The van der Waals surface area contributed by atoms with E-state index in [1.165, 1.54) is 0 Å². The van der Waals surface area contributed by atoms with Crippen LogP contribution in [0.5, 0.6) is 0 Å². The average Bonchev–Trinajstić information content (AvgIpc) is 2.17. The molecule has 0 aliphatic rings. The average molecular weight is 292 g/mol. The summed E-state index contributed by atoms with van der Waals surface area (Å²) in [6.45, 7) is 4.42. The maximum atomic E-state index is 4.33. The van der Waals surface area contributed by atoms with Gasteiger partial charge in [0.15, 0.2) is 0 Å². The molecule has 0 amide bonds. The molecule has 4 heteroatoms. The molecule has 0 atom stereocenters. The second-order valence-corrected chi connectivity index (χ2v) is 6.04. The summed E-state index contributed by atoms with van der Waals surface area (Å²) in [7, 11) is 0. The van der Waals surface area contributed by atoms with Crippen molar-refractivity contribution in [2.24, 2.45) is 5.41 Å². The van der Waals surface area contributed by atoms with Crippen LogP contribution in [0.1, 0.15) is 13.8 Å². The third-order valence-electron chi connectivity index (χ3n) is 1.75. The first kappa shape index (κ1) is 12.4. The number of thioether (sulfide) groups is 1. The zero-order valence-corrected chi connectivity index (χ0v) is 11.6. The largest absolute Gasteiger partial charge is 0.249 e. The summed E-state index contributed by atoms with van der Waals surface area (Å²) in [6, 6.07) is 3.95. The lowest BCUT2D eigenvalue weighted by atomic mass is 10.0. The minimum atomic E-state index is 0.255. The molecule has 0 bridgehead atoms. The molecule has 0 N–H and O–H groups in total. The molecule has 14 heavy (non-hydrogen) atoms. The molecular formula is C10H14BrNS2. The topological polar surface area (TPSA) is 12.9 Å². The van der Waals surface area contributed by atoms with Gasteiger partial charge in [0.05, 0.1) is 0 Å². The minimum Gasteiger partial charge on any atom is -0.249 e. The highest BCUT2D eigenvalue weighted by Gasteiger charge is 2.16. The smallest absolute Gasteiger partial charge is 0.110 e. The number of aromatic nitrogens is 1. The molecule has 0 saturated carbocycles. The van der Waals surface area contributed by atoms with Crippen molar-refractivity contribution in [2.75, 3.05) is 11.5 Å². The number of thiol groups is 1. The Bertz CT molecular complexity index is 302. The van der Waals surface area contributed by atoms with E-state index < -0.39 is 0 Å². The van der Waals surface area contributed by atoms with E-state index in [1.807, 2.05) is 18.3 Å². The van der Waals surface area contributed by atoms with Gasteiger partial charge in [0.25, 0.3) is 0 Å². The molecule has 0 fully saturated rings. The Morgan fingerprint density at radius 2 is 2.29 bits per heavy atom. The lowest BCUT2D eigenvalue weighted by Crippen LogP contribution is -2.16. The van der Waals surface area contributed by atoms with Gasteiger partial charge in [-0.2, -0.15) is 12.6 Å². The third-order valence-corrected chi connectivity index (χ3v) is 5.04. The molecule has 0 radical (unpaired) electrons. The fourth-order valence-corrected chi connectivity index (χ4v) is 2.62. The van der Waals surface area contributed by atoms with Gasteiger partial charge < -0.3 is 0 Å². The number of nitrogens with zero attached hydrogens (tertiary/aromatic N) is 1. The van der Waals surface area contributed by atoms with E-state index in [4.69, 9.17) is 0 Å². The summed E-state index contributed by atoms with van der Waals surface area (Å²) in [6.07, 6.45) is 1.82. The summed E-state index contributed by atoms with van der Waals surface area (Å²) in [5, 5.41) is 1.06. The number of rotatable bonds is 4. The van der Waals surface area contributed by atoms with Crippen LogP contribution in [0, 0.1) is 5.41 Å². The van der Waals surface area contributed by atoms with Crippen molar-refractivity contribution in [3.05, 3.63) is 22.8 Å². The zero-order chi connectivity index (χ0) is 10.6. The fourth-order valence-electron chi connectivity index (χ4n) is 0.787. The van der Waals surface area contributed by atoms with E-state index in [2.05, 4.69) is 47.4 Å². The van der Waals surface area contributed by atoms with Crippen molar-refractivity contribution in [1.82, 2.24) is 4.98 Å². The third kappa shape index (κ3) is 3.83. The number of hydrogen-bond donors (Lipinski definition) is 1.